The molecule has 0 unspecified atom stereocenters. The molecule has 34 heavy (non-hydrogen) atoms. The zero-order valence-corrected chi connectivity index (χ0v) is 19.8. The van der Waals surface area contributed by atoms with Crippen molar-refractivity contribution in [3.63, 3.8) is 0 Å². The molecule has 0 fully saturated rings. The van der Waals surface area contributed by atoms with Gasteiger partial charge in [-0.25, -0.2) is 23.1 Å². The molecule has 3 aromatic carbocycles. The van der Waals surface area contributed by atoms with Gasteiger partial charge in [-0.15, -0.1) is 0 Å². The van der Waals surface area contributed by atoms with Crippen molar-refractivity contribution in [3.05, 3.63) is 84.2 Å². The van der Waals surface area contributed by atoms with Crippen LogP contribution in [0.25, 0.3) is 10.8 Å². The topological polar surface area (TPSA) is 110 Å². The second kappa shape index (κ2) is 9.48. The van der Waals surface area contributed by atoms with E-state index in [9.17, 15) is 13.2 Å². The van der Waals surface area contributed by atoms with Gasteiger partial charge in [-0.2, -0.15) is 0 Å². The van der Waals surface area contributed by atoms with Gasteiger partial charge in [-0.3, -0.25) is 4.79 Å². The molecule has 8 nitrogen and oxygen atoms in total. The van der Waals surface area contributed by atoms with Crippen LogP contribution in [-0.4, -0.2) is 30.4 Å². The number of carbonyl (C=O) groups is 1. The fourth-order valence-electron chi connectivity index (χ4n) is 3.41. The number of sulfonamides is 1. The van der Waals surface area contributed by atoms with E-state index in [1.165, 1.54) is 24.3 Å². The fraction of sp³-hybridized carbons (Fsp3) is 0.160. The molecule has 0 saturated carbocycles. The van der Waals surface area contributed by atoms with Crippen LogP contribution in [0.3, 0.4) is 0 Å². The molecule has 4 rings (SSSR count). The summed E-state index contributed by atoms with van der Waals surface area (Å²) in [6.07, 6.45) is -0.757. The average molecular weight is 477 g/mol. The monoisotopic (exact) mass is 476 g/mol. The van der Waals surface area contributed by atoms with Crippen LogP contribution in [0.5, 0.6) is 5.75 Å². The van der Waals surface area contributed by atoms with Gasteiger partial charge in [0.05, 0.1) is 4.90 Å². The summed E-state index contributed by atoms with van der Waals surface area (Å²) < 4.78 is 33.5. The summed E-state index contributed by atoms with van der Waals surface area (Å²) in [7, 11) is -3.88. The van der Waals surface area contributed by atoms with E-state index in [0.29, 0.717) is 22.8 Å². The van der Waals surface area contributed by atoms with E-state index < -0.39 is 16.1 Å². The van der Waals surface area contributed by atoms with Crippen molar-refractivity contribution in [2.24, 2.45) is 0 Å². The number of fused-ring (bicyclic) bond motifs is 1. The number of benzene rings is 3. The van der Waals surface area contributed by atoms with Gasteiger partial charge in [0.2, 0.25) is 5.95 Å². The van der Waals surface area contributed by atoms with Gasteiger partial charge in [0.1, 0.15) is 5.75 Å². The summed E-state index contributed by atoms with van der Waals surface area (Å²) in [5.74, 6) is 0.238. The largest absolute Gasteiger partial charge is 0.481 e. The molecule has 1 atom stereocenters. The third-order valence-corrected chi connectivity index (χ3v) is 6.39. The second-order valence-electron chi connectivity index (χ2n) is 7.86. The summed E-state index contributed by atoms with van der Waals surface area (Å²) in [6, 6.07) is 21.1. The van der Waals surface area contributed by atoms with E-state index in [2.05, 4.69) is 20.0 Å². The molecule has 0 spiro atoms. The van der Waals surface area contributed by atoms with Gasteiger partial charge in [-0.1, -0.05) is 30.3 Å². The van der Waals surface area contributed by atoms with Crippen LogP contribution < -0.4 is 14.8 Å². The zero-order chi connectivity index (χ0) is 24.3. The van der Waals surface area contributed by atoms with Crippen molar-refractivity contribution in [1.82, 2.24) is 9.97 Å². The number of nitrogens with zero attached hydrogens (tertiary/aromatic N) is 2. The number of aromatic nitrogens is 2. The van der Waals surface area contributed by atoms with E-state index >= 15 is 0 Å². The Morgan fingerprint density at radius 3 is 2.21 bits per heavy atom. The Bertz CT molecular complexity index is 1430. The minimum atomic E-state index is -3.88. The van der Waals surface area contributed by atoms with Crippen LogP contribution in [-0.2, 0) is 14.8 Å². The van der Waals surface area contributed by atoms with Crippen molar-refractivity contribution in [1.29, 1.82) is 0 Å². The van der Waals surface area contributed by atoms with E-state index in [-0.39, 0.29) is 16.8 Å². The lowest BCUT2D eigenvalue weighted by Gasteiger charge is -2.15. The van der Waals surface area contributed by atoms with Gasteiger partial charge in [0.25, 0.3) is 15.9 Å². The van der Waals surface area contributed by atoms with Crippen molar-refractivity contribution in [2.75, 3.05) is 10.0 Å². The van der Waals surface area contributed by atoms with E-state index in [1.54, 1.807) is 26.8 Å². The molecule has 0 aliphatic carbocycles. The quantitative estimate of drug-likeness (QED) is 0.408. The number of aryl methyl sites for hydroxylation is 2. The number of hydrogen-bond donors (Lipinski definition) is 2. The van der Waals surface area contributed by atoms with E-state index in [4.69, 9.17) is 4.74 Å². The zero-order valence-electron chi connectivity index (χ0n) is 18.9. The lowest BCUT2D eigenvalue weighted by atomic mass is 10.1. The highest BCUT2D eigenvalue weighted by Crippen LogP contribution is 2.22. The van der Waals surface area contributed by atoms with Crippen LogP contribution in [0, 0.1) is 13.8 Å². The highest BCUT2D eigenvalue weighted by molar-refractivity contribution is 7.92. The Kier molecular flexibility index (Phi) is 6.47. The lowest BCUT2D eigenvalue weighted by Crippen LogP contribution is -2.30. The number of rotatable bonds is 7. The maximum atomic E-state index is 12.7. The van der Waals surface area contributed by atoms with Crippen molar-refractivity contribution in [2.45, 2.75) is 31.8 Å². The fourth-order valence-corrected chi connectivity index (χ4v) is 4.35. The molecule has 174 valence electrons. The molecule has 0 radical (unpaired) electrons. The van der Waals surface area contributed by atoms with Crippen molar-refractivity contribution < 1.29 is 17.9 Å². The number of anilines is 2. The molecule has 1 amide bonds. The molecular formula is C25H24N4O4S. The van der Waals surface area contributed by atoms with Crippen LogP contribution in [0.2, 0.25) is 0 Å². The number of nitrogens with one attached hydrogen (secondary N) is 2. The first-order chi connectivity index (χ1) is 16.2. The molecule has 0 saturated heterocycles. The predicted octanol–water partition coefficient (Wildman–Crippen LogP) is 4.45. The third kappa shape index (κ3) is 5.49. The van der Waals surface area contributed by atoms with Gasteiger partial charge in [0, 0.05) is 17.1 Å². The lowest BCUT2D eigenvalue weighted by molar-refractivity contribution is -0.122. The highest BCUT2D eigenvalue weighted by atomic mass is 32.2. The second-order valence-corrected chi connectivity index (χ2v) is 9.54. The number of carbonyl (C=O) groups excluding carboxylic acids is 1. The standard InChI is InChI=1S/C25H24N4O4S/c1-16-14-17(2)27-25(26-16)29-34(31,32)23-12-9-21(10-13-23)28-24(30)18(3)33-22-11-8-19-6-4-5-7-20(19)15-22/h4-15,18H,1-3H3,(H,28,30)(H,26,27,29)/t18-/m1/s1. The first kappa shape index (κ1) is 23.2. The Morgan fingerprint density at radius 2 is 1.53 bits per heavy atom. The van der Waals surface area contributed by atoms with E-state index in [0.717, 1.165) is 10.8 Å². The molecule has 4 aromatic rings. The van der Waals surface area contributed by atoms with Crippen LogP contribution in [0.1, 0.15) is 18.3 Å². The average Bonchev–Trinajstić information content (AvgIpc) is 2.78. The van der Waals surface area contributed by atoms with Gasteiger partial charge in [-0.05, 0) is 74.0 Å². The van der Waals surface area contributed by atoms with Gasteiger partial charge >= 0.3 is 0 Å². The SMILES string of the molecule is Cc1cc(C)nc(NS(=O)(=O)c2ccc(NC(=O)[C@@H](C)Oc3ccc4ccccc4c3)cc2)n1. The molecule has 1 aromatic heterocycles. The van der Waals surface area contributed by atoms with Crippen LogP contribution in [0.4, 0.5) is 11.6 Å². The highest BCUT2D eigenvalue weighted by Gasteiger charge is 2.18. The Hall–Kier alpha value is -3.98. The van der Waals surface area contributed by atoms with E-state index in [1.807, 2.05) is 42.5 Å². The minimum absolute atomic E-state index is 0.00884. The number of hydrogen-bond acceptors (Lipinski definition) is 6. The number of amides is 1. The third-order valence-electron chi connectivity index (χ3n) is 5.04. The smallest absolute Gasteiger partial charge is 0.265 e. The first-order valence-corrected chi connectivity index (χ1v) is 12.1. The summed E-state index contributed by atoms with van der Waals surface area (Å²) in [5, 5.41) is 4.84. The molecule has 0 aliphatic rings. The Labute approximate surface area is 198 Å². The first-order valence-electron chi connectivity index (χ1n) is 10.6. The van der Waals surface area contributed by atoms with Crippen molar-refractivity contribution in [3.8, 4) is 5.75 Å². The summed E-state index contributed by atoms with van der Waals surface area (Å²) in [5.41, 5.74) is 1.76. The summed E-state index contributed by atoms with van der Waals surface area (Å²) >= 11 is 0. The number of ether oxygens (including phenoxy) is 1. The maximum absolute atomic E-state index is 12.7. The van der Waals surface area contributed by atoms with Crippen LogP contribution >= 0.6 is 0 Å². The minimum Gasteiger partial charge on any atom is -0.481 e. The Morgan fingerprint density at radius 1 is 0.882 bits per heavy atom. The van der Waals surface area contributed by atoms with Gasteiger partial charge in [0.15, 0.2) is 6.10 Å². The predicted molar refractivity (Wildman–Crippen MR) is 131 cm³/mol. The molecule has 9 heteroatoms. The molecule has 1 heterocycles. The van der Waals surface area contributed by atoms with Crippen molar-refractivity contribution >= 4 is 38.3 Å². The maximum Gasteiger partial charge on any atom is 0.265 e. The molecule has 0 bridgehead atoms. The molecule has 0 aliphatic heterocycles. The molecular weight excluding hydrogens is 452 g/mol. The Balaban J connectivity index is 1.40. The molecule has 2 N–H and O–H groups in total. The van der Waals surface area contributed by atoms with Gasteiger partial charge < -0.3 is 10.1 Å². The summed E-state index contributed by atoms with van der Waals surface area (Å²) in [4.78, 5) is 20.8. The van der Waals surface area contributed by atoms with Crippen LogP contribution in [0.15, 0.2) is 77.7 Å². The summed E-state index contributed by atoms with van der Waals surface area (Å²) in [6.45, 7) is 5.17. The normalized spacial score (nSPS) is 12.2.